The van der Waals surface area contributed by atoms with E-state index in [-0.39, 0.29) is 4.88 Å². The Morgan fingerprint density at radius 2 is 2.08 bits per heavy atom. The Balaban J connectivity index is 2.98. The average molecular weight is 205 g/mol. The molecule has 0 aliphatic rings. The number of alkyl halides is 3. The number of hydrogen-bond acceptors (Lipinski definition) is 3. The molecule has 6 heteroatoms. The first-order valence-electron chi connectivity index (χ1n) is 3.06. The van der Waals surface area contributed by atoms with Crippen LogP contribution < -0.4 is 0 Å². The number of halogens is 3. The molecule has 0 fully saturated rings. The first-order chi connectivity index (χ1) is 5.95. The van der Waals surface area contributed by atoms with Gasteiger partial charge in [0.05, 0.1) is 4.88 Å². The summed E-state index contributed by atoms with van der Waals surface area (Å²) < 4.78 is 35.5. The minimum atomic E-state index is -4.86. The Bertz CT molecular complexity index is 374. The molecule has 2 nitrogen and oxygen atoms in total. The summed E-state index contributed by atoms with van der Waals surface area (Å²) >= 11 is 0.537. The van der Waals surface area contributed by atoms with Gasteiger partial charge < -0.3 is 0 Å². The van der Waals surface area contributed by atoms with Crippen molar-refractivity contribution in [1.82, 2.24) is 0 Å². The van der Waals surface area contributed by atoms with E-state index >= 15 is 0 Å². The number of hydrogen-bond donors (Lipinski definition) is 0. The van der Waals surface area contributed by atoms with Gasteiger partial charge in [0.25, 0.3) is 5.78 Å². The predicted molar refractivity (Wildman–Crippen MR) is 39.4 cm³/mol. The van der Waals surface area contributed by atoms with Gasteiger partial charge in [0.2, 0.25) is 0 Å². The highest BCUT2D eigenvalue weighted by atomic mass is 32.1. The number of carbonyl (C=O) groups excluding carboxylic acids is 1. The normalized spacial score (nSPS) is 10.9. The quantitative estimate of drug-likeness (QED) is 0.660. The lowest BCUT2D eigenvalue weighted by Gasteiger charge is -2.00. The van der Waals surface area contributed by atoms with Crippen LogP contribution in [0.1, 0.15) is 14.5 Å². The van der Waals surface area contributed by atoms with Crippen molar-refractivity contribution in [2.24, 2.45) is 0 Å². The van der Waals surface area contributed by atoms with Crippen LogP contribution in [0.2, 0.25) is 0 Å². The highest BCUT2D eigenvalue weighted by Crippen LogP contribution is 2.25. The topological polar surface area (TPSA) is 40.9 Å². The van der Waals surface area contributed by atoms with Crippen molar-refractivity contribution in [3.05, 3.63) is 21.9 Å². The maximum atomic E-state index is 11.8. The van der Waals surface area contributed by atoms with Crippen LogP contribution in [0.5, 0.6) is 0 Å². The van der Waals surface area contributed by atoms with Gasteiger partial charge >= 0.3 is 6.18 Å². The second kappa shape index (κ2) is 3.18. The summed E-state index contributed by atoms with van der Waals surface area (Å²) in [4.78, 5) is 10.2. The maximum absolute atomic E-state index is 11.8. The van der Waals surface area contributed by atoms with Gasteiger partial charge in [-0.25, -0.2) is 0 Å². The second-order valence-corrected chi connectivity index (χ2v) is 3.19. The van der Waals surface area contributed by atoms with Crippen LogP contribution in [0.4, 0.5) is 13.2 Å². The Kier molecular flexibility index (Phi) is 2.38. The van der Waals surface area contributed by atoms with Crippen LogP contribution in [0.25, 0.3) is 0 Å². The molecule has 0 unspecified atom stereocenters. The summed E-state index contributed by atoms with van der Waals surface area (Å²) in [5.41, 5.74) is 0. The lowest BCUT2D eigenvalue weighted by atomic mass is 10.3. The van der Waals surface area contributed by atoms with Crippen molar-refractivity contribution < 1.29 is 18.0 Å². The first-order valence-corrected chi connectivity index (χ1v) is 3.88. The van der Waals surface area contributed by atoms with E-state index in [4.69, 9.17) is 5.26 Å². The van der Waals surface area contributed by atoms with E-state index in [1.165, 1.54) is 6.07 Å². The summed E-state index contributed by atoms with van der Waals surface area (Å²) in [6.45, 7) is 0. The Morgan fingerprint density at radius 1 is 1.46 bits per heavy atom. The Labute approximate surface area is 75.2 Å². The van der Waals surface area contributed by atoms with E-state index < -0.39 is 16.8 Å². The fourth-order valence-electron chi connectivity index (χ4n) is 0.660. The molecule has 0 amide bonds. The summed E-state index contributed by atoms with van der Waals surface area (Å²) in [6, 6.07) is 3.84. The largest absolute Gasteiger partial charge is 0.455 e. The van der Waals surface area contributed by atoms with Crippen LogP contribution in [0, 0.1) is 11.3 Å². The van der Waals surface area contributed by atoms with Crippen molar-refractivity contribution in [2.75, 3.05) is 0 Å². The third-order valence-electron chi connectivity index (χ3n) is 1.20. The van der Waals surface area contributed by atoms with E-state index in [1.807, 2.05) is 0 Å². The molecule has 1 aromatic rings. The van der Waals surface area contributed by atoms with Gasteiger partial charge in [-0.15, -0.1) is 11.3 Å². The maximum Gasteiger partial charge on any atom is 0.455 e. The molecule has 13 heavy (non-hydrogen) atoms. The molecule has 0 aliphatic carbocycles. The SMILES string of the molecule is N#Cc1ccc(C(=O)C(F)(F)F)s1. The molecule has 0 saturated carbocycles. The zero-order valence-electron chi connectivity index (χ0n) is 6.05. The van der Waals surface area contributed by atoms with E-state index in [0.717, 1.165) is 6.07 Å². The van der Waals surface area contributed by atoms with Crippen LogP contribution in [0.15, 0.2) is 12.1 Å². The minimum absolute atomic E-state index is 0.0904. The standard InChI is InChI=1S/C7H2F3NOS/c8-7(9,10)6(12)5-2-1-4(3-11)13-5/h1-2H. The molecule has 0 radical (unpaired) electrons. The molecule has 1 rings (SSSR count). The zero-order chi connectivity index (χ0) is 10.1. The smallest absolute Gasteiger partial charge is 0.283 e. The van der Waals surface area contributed by atoms with Gasteiger partial charge in [0, 0.05) is 0 Å². The van der Waals surface area contributed by atoms with Crippen LogP contribution in [-0.4, -0.2) is 12.0 Å². The van der Waals surface area contributed by atoms with E-state index in [0.29, 0.717) is 11.3 Å². The number of rotatable bonds is 1. The minimum Gasteiger partial charge on any atom is -0.283 e. The van der Waals surface area contributed by atoms with E-state index in [2.05, 4.69) is 0 Å². The predicted octanol–water partition coefficient (Wildman–Crippen LogP) is 2.36. The highest BCUT2D eigenvalue weighted by Gasteiger charge is 2.40. The molecular weight excluding hydrogens is 203 g/mol. The van der Waals surface area contributed by atoms with Crippen molar-refractivity contribution in [2.45, 2.75) is 6.18 Å². The summed E-state index contributed by atoms with van der Waals surface area (Å²) in [5, 5.41) is 8.30. The lowest BCUT2D eigenvalue weighted by molar-refractivity contribution is -0.0882. The molecule has 0 N–H and O–H groups in total. The molecule has 0 aliphatic heterocycles. The number of ketones is 1. The fraction of sp³-hybridized carbons (Fsp3) is 0.143. The average Bonchev–Trinajstić information content (AvgIpc) is 2.48. The number of Topliss-reactive ketones (excluding diaryl/α,β-unsaturated/α-hetero) is 1. The van der Waals surface area contributed by atoms with Crippen LogP contribution in [-0.2, 0) is 0 Å². The summed E-state index contributed by atoms with van der Waals surface area (Å²) in [7, 11) is 0. The molecule has 0 aromatic carbocycles. The van der Waals surface area contributed by atoms with Crippen molar-refractivity contribution in [3.8, 4) is 6.07 Å². The third kappa shape index (κ3) is 2.06. The monoisotopic (exact) mass is 205 g/mol. The molecule has 0 atom stereocenters. The number of thiophene rings is 1. The Hall–Kier alpha value is -1.35. The number of nitriles is 1. The first kappa shape index (κ1) is 9.74. The molecular formula is C7H2F3NOS. The van der Waals surface area contributed by atoms with Crippen LogP contribution >= 0.6 is 11.3 Å². The van der Waals surface area contributed by atoms with Crippen LogP contribution in [0.3, 0.4) is 0 Å². The van der Waals surface area contributed by atoms with Gasteiger partial charge in [-0.2, -0.15) is 18.4 Å². The molecule has 1 heterocycles. The third-order valence-corrected chi connectivity index (χ3v) is 2.19. The molecule has 68 valence electrons. The second-order valence-electron chi connectivity index (χ2n) is 2.10. The van der Waals surface area contributed by atoms with Gasteiger partial charge in [-0.05, 0) is 12.1 Å². The van der Waals surface area contributed by atoms with E-state index in [9.17, 15) is 18.0 Å². The highest BCUT2D eigenvalue weighted by molar-refractivity contribution is 7.14. The van der Waals surface area contributed by atoms with Crippen molar-refractivity contribution in [3.63, 3.8) is 0 Å². The zero-order valence-corrected chi connectivity index (χ0v) is 6.87. The lowest BCUT2D eigenvalue weighted by Crippen LogP contribution is -2.21. The molecule has 1 aromatic heterocycles. The molecule has 0 saturated heterocycles. The number of nitrogens with zero attached hydrogens (tertiary/aromatic N) is 1. The van der Waals surface area contributed by atoms with Gasteiger partial charge in [-0.3, -0.25) is 4.79 Å². The van der Waals surface area contributed by atoms with E-state index in [1.54, 1.807) is 6.07 Å². The van der Waals surface area contributed by atoms with Crippen molar-refractivity contribution >= 4 is 17.1 Å². The van der Waals surface area contributed by atoms with Gasteiger partial charge in [0.1, 0.15) is 10.9 Å². The van der Waals surface area contributed by atoms with Gasteiger partial charge in [-0.1, -0.05) is 0 Å². The van der Waals surface area contributed by atoms with Gasteiger partial charge in [0.15, 0.2) is 0 Å². The molecule has 0 spiro atoms. The van der Waals surface area contributed by atoms with Crippen molar-refractivity contribution in [1.29, 1.82) is 5.26 Å². The summed E-state index contributed by atoms with van der Waals surface area (Å²) in [5.74, 6) is -1.90. The number of carbonyl (C=O) groups is 1. The fourth-order valence-corrected chi connectivity index (χ4v) is 1.42. The summed E-state index contributed by atoms with van der Waals surface area (Å²) in [6.07, 6.45) is -4.86. The Morgan fingerprint density at radius 3 is 2.46 bits per heavy atom. The molecule has 0 bridgehead atoms.